The molecule has 0 saturated heterocycles. The number of nitrogens with zero attached hydrogens (tertiary/aromatic N) is 2. The lowest BCUT2D eigenvalue weighted by Crippen LogP contribution is -2.16. The van der Waals surface area contributed by atoms with Crippen LogP contribution in [-0.2, 0) is 25.9 Å². The lowest BCUT2D eigenvalue weighted by atomic mass is 9.99. The molecule has 0 amide bonds. The van der Waals surface area contributed by atoms with E-state index in [1.807, 2.05) is 0 Å². The van der Waals surface area contributed by atoms with Gasteiger partial charge in [-0.2, -0.15) is 0 Å². The number of hydrogen-bond acceptors (Lipinski definition) is 2. The van der Waals surface area contributed by atoms with Gasteiger partial charge >= 0.3 is 0 Å². The number of rotatable bonds is 48. The van der Waals surface area contributed by atoms with Crippen molar-refractivity contribution in [3.63, 3.8) is 0 Å². The number of aryl methyl sites for hydroxylation is 4. The highest BCUT2D eigenvalue weighted by molar-refractivity contribution is 6.04. The van der Waals surface area contributed by atoms with Crippen molar-refractivity contribution in [2.24, 2.45) is 0 Å². The number of aromatic nitrogens is 2. The van der Waals surface area contributed by atoms with Gasteiger partial charge in [-0.25, -0.2) is 0 Å². The molecule has 0 spiro atoms. The van der Waals surface area contributed by atoms with Crippen LogP contribution < -0.4 is 10.9 Å². The monoisotopic (exact) mass is 1040 g/mol. The van der Waals surface area contributed by atoms with Gasteiger partial charge in [0.25, 0.3) is 0 Å². The molecular formula is C72H116N2O2. The first-order valence-electron chi connectivity index (χ1n) is 33.6. The van der Waals surface area contributed by atoms with Gasteiger partial charge < -0.3 is 9.13 Å². The van der Waals surface area contributed by atoms with Crippen LogP contribution in [0.1, 0.15) is 321 Å². The molecule has 0 N–H and O–H groups in total. The van der Waals surface area contributed by atoms with Crippen LogP contribution in [0.2, 0.25) is 0 Å². The molecule has 0 aliphatic heterocycles. The van der Waals surface area contributed by atoms with Gasteiger partial charge in [0.05, 0.1) is 22.1 Å². The SMILES string of the molecule is CCCCCCCCCCCCCCCCCCc1ccc2c(c1)c(=O)c1cc3c(cc1n2CCCCCCCC)c(=O)c1cc(CCCCCCCCCCCCCCCCCC)ccc1n3CCCCCCCC. The molecule has 2 aromatic heterocycles. The zero-order valence-electron chi connectivity index (χ0n) is 50.3. The lowest BCUT2D eigenvalue weighted by molar-refractivity contribution is 0.529. The second-order valence-electron chi connectivity index (χ2n) is 24.2. The Morgan fingerprint density at radius 1 is 0.250 bits per heavy atom. The lowest BCUT2D eigenvalue weighted by Gasteiger charge is -2.20. The van der Waals surface area contributed by atoms with Crippen LogP contribution in [0.3, 0.4) is 0 Å². The minimum atomic E-state index is 0.118. The van der Waals surface area contributed by atoms with Crippen molar-refractivity contribution >= 4 is 43.6 Å². The zero-order chi connectivity index (χ0) is 53.7. The standard InChI is InChI=1S/C72H116N2O2/c1-5-9-13-17-21-23-25-27-29-31-33-35-37-39-41-45-49-61-51-53-67-63(57-61)71(75)65-59-70-66(60-69(65)73(67)55-47-43-19-15-11-7-3)72(76)64-58-62(52-54-68(64)74(70)56-48-44-20-16-12-8-4)50-46-42-40-38-36-34-32-30-28-26-24-22-18-14-10-6-2/h51-54,57-60H,5-50,55-56H2,1-4H3. The molecule has 76 heavy (non-hydrogen) atoms. The Labute approximate surface area is 466 Å². The Bertz CT molecular complexity index is 2250. The first-order chi connectivity index (χ1) is 37.5. The molecule has 4 heteroatoms. The van der Waals surface area contributed by atoms with E-state index in [1.54, 1.807) is 0 Å². The minimum Gasteiger partial charge on any atom is -0.340 e. The summed E-state index contributed by atoms with van der Waals surface area (Å²) in [7, 11) is 0. The zero-order valence-corrected chi connectivity index (χ0v) is 50.3. The van der Waals surface area contributed by atoms with E-state index in [2.05, 4.69) is 85.4 Å². The van der Waals surface area contributed by atoms with E-state index in [1.165, 1.54) is 281 Å². The maximum absolute atomic E-state index is 15.0. The average Bonchev–Trinajstić information content (AvgIpc) is 3.50. The summed E-state index contributed by atoms with van der Waals surface area (Å²) in [6.45, 7) is 10.9. The van der Waals surface area contributed by atoms with Crippen LogP contribution in [0.5, 0.6) is 0 Å². The van der Waals surface area contributed by atoms with Crippen molar-refractivity contribution in [2.75, 3.05) is 0 Å². The van der Waals surface area contributed by atoms with Gasteiger partial charge in [-0.15, -0.1) is 0 Å². The van der Waals surface area contributed by atoms with Gasteiger partial charge in [0.2, 0.25) is 0 Å². The Hall–Kier alpha value is -3.40. The second kappa shape index (κ2) is 39.9. The first-order valence-corrected chi connectivity index (χ1v) is 33.6. The molecule has 0 atom stereocenters. The third-order valence-electron chi connectivity index (χ3n) is 17.5. The molecule has 2 heterocycles. The Kier molecular flexibility index (Phi) is 33.3. The molecule has 426 valence electrons. The molecule has 0 bridgehead atoms. The molecule has 5 rings (SSSR count). The smallest absolute Gasteiger partial charge is 0.197 e. The molecule has 0 fully saturated rings. The van der Waals surface area contributed by atoms with Gasteiger partial charge in [0.1, 0.15) is 0 Å². The van der Waals surface area contributed by atoms with Crippen molar-refractivity contribution in [1.82, 2.24) is 9.13 Å². The summed E-state index contributed by atoms with van der Waals surface area (Å²) >= 11 is 0. The summed E-state index contributed by atoms with van der Waals surface area (Å²) in [5.41, 5.74) is 6.70. The van der Waals surface area contributed by atoms with E-state index in [4.69, 9.17) is 0 Å². The van der Waals surface area contributed by atoms with Crippen LogP contribution in [0, 0.1) is 0 Å². The number of fused-ring (bicyclic) bond motifs is 4. The third kappa shape index (κ3) is 22.8. The maximum Gasteiger partial charge on any atom is 0.197 e. The molecule has 0 unspecified atom stereocenters. The summed E-state index contributed by atoms with van der Waals surface area (Å²) in [6, 6.07) is 17.8. The highest BCUT2D eigenvalue weighted by Crippen LogP contribution is 2.30. The van der Waals surface area contributed by atoms with Crippen molar-refractivity contribution < 1.29 is 0 Å². The number of benzene rings is 3. The van der Waals surface area contributed by atoms with E-state index < -0.39 is 0 Å². The average molecular weight is 1040 g/mol. The van der Waals surface area contributed by atoms with E-state index >= 15 is 0 Å². The van der Waals surface area contributed by atoms with Gasteiger partial charge in [0.15, 0.2) is 10.9 Å². The minimum absolute atomic E-state index is 0.118. The Morgan fingerprint density at radius 3 is 0.737 bits per heavy atom. The molecule has 0 aliphatic rings. The summed E-state index contributed by atoms with van der Waals surface area (Å²) in [6.07, 6.45) is 60.7. The normalized spacial score (nSPS) is 11.9. The van der Waals surface area contributed by atoms with Gasteiger partial charge in [-0.05, 0) is 86.1 Å². The number of hydrogen-bond donors (Lipinski definition) is 0. The van der Waals surface area contributed by atoms with Crippen molar-refractivity contribution in [3.8, 4) is 0 Å². The van der Waals surface area contributed by atoms with Crippen LogP contribution in [0.4, 0.5) is 0 Å². The highest BCUT2D eigenvalue weighted by Gasteiger charge is 2.18. The summed E-state index contributed by atoms with van der Waals surface area (Å²) in [4.78, 5) is 29.9. The third-order valence-corrected chi connectivity index (χ3v) is 17.5. The van der Waals surface area contributed by atoms with E-state index in [9.17, 15) is 9.59 Å². The van der Waals surface area contributed by atoms with Gasteiger partial charge in [-0.1, -0.05) is 297 Å². The second-order valence-corrected chi connectivity index (χ2v) is 24.2. The molecule has 5 aromatic rings. The summed E-state index contributed by atoms with van der Waals surface area (Å²) in [5.74, 6) is 0. The maximum atomic E-state index is 15.0. The van der Waals surface area contributed by atoms with Crippen LogP contribution in [0.15, 0.2) is 58.1 Å². The fourth-order valence-electron chi connectivity index (χ4n) is 12.6. The molecular weight excluding hydrogens is 925 g/mol. The van der Waals surface area contributed by atoms with Crippen molar-refractivity contribution in [2.45, 2.75) is 336 Å². The topological polar surface area (TPSA) is 44.0 Å². The molecule has 0 saturated carbocycles. The van der Waals surface area contributed by atoms with Crippen LogP contribution in [0.25, 0.3) is 43.6 Å². The summed E-state index contributed by atoms with van der Waals surface area (Å²) < 4.78 is 4.83. The molecule has 4 nitrogen and oxygen atoms in total. The quantitative estimate of drug-likeness (QED) is 0.0288. The van der Waals surface area contributed by atoms with E-state index in [-0.39, 0.29) is 10.9 Å². The molecule has 0 aliphatic carbocycles. The number of unbranched alkanes of at least 4 members (excludes halogenated alkanes) is 40. The fourth-order valence-corrected chi connectivity index (χ4v) is 12.6. The van der Waals surface area contributed by atoms with Crippen molar-refractivity contribution in [1.29, 1.82) is 0 Å². The predicted octanol–water partition coefficient (Wildman–Crippen LogP) is 23.0. The Balaban J connectivity index is 1.27. The number of pyridine rings is 2. The van der Waals surface area contributed by atoms with Crippen molar-refractivity contribution in [3.05, 3.63) is 80.1 Å². The predicted molar refractivity (Wildman–Crippen MR) is 338 cm³/mol. The largest absolute Gasteiger partial charge is 0.340 e. The van der Waals surface area contributed by atoms with Gasteiger partial charge in [0, 0.05) is 34.6 Å². The van der Waals surface area contributed by atoms with E-state index in [0.29, 0.717) is 0 Å². The highest BCUT2D eigenvalue weighted by atomic mass is 16.1. The van der Waals surface area contributed by atoms with Crippen LogP contribution >= 0.6 is 0 Å². The van der Waals surface area contributed by atoms with Crippen LogP contribution in [-0.4, -0.2) is 9.13 Å². The Morgan fingerprint density at radius 2 is 0.474 bits per heavy atom. The van der Waals surface area contributed by atoms with E-state index in [0.717, 1.165) is 82.4 Å². The first kappa shape index (κ1) is 63.4. The fraction of sp³-hybridized carbons (Fsp3) is 0.722. The molecule has 3 aromatic carbocycles. The molecule has 0 radical (unpaired) electrons. The summed E-state index contributed by atoms with van der Waals surface area (Å²) in [5, 5.41) is 3.22. The van der Waals surface area contributed by atoms with Gasteiger partial charge in [-0.3, -0.25) is 9.59 Å².